The number of carbonyl (C=O) groups excluding carboxylic acids is 1. The van der Waals surface area contributed by atoms with Crippen LogP contribution in [0.4, 0.5) is 0 Å². The van der Waals surface area contributed by atoms with E-state index in [1.54, 1.807) is 0 Å². The van der Waals surface area contributed by atoms with Crippen LogP contribution in [0.1, 0.15) is 43.5 Å². The lowest BCUT2D eigenvalue weighted by atomic mass is 9.88. The van der Waals surface area contributed by atoms with E-state index in [1.807, 2.05) is 16.2 Å². The van der Waals surface area contributed by atoms with Gasteiger partial charge >= 0.3 is 0 Å². The van der Waals surface area contributed by atoms with Crippen molar-refractivity contribution in [1.29, 1.82) is 0 Å². The zero-order chi connectivity index (χ0) is 19.1. The van der Waals surface area contributed by atoms with Crippen molar-refractivity contribution < 1.29 is 4.79 Å². The van der Waals surface area contributed by atoms with Crippen molar-refractivity contribution in [2.24, 2.45) is 10.9 Å². The van der Waals surface area contributed by atoms with Crippen molar-refractivity contribution in [3.8, 4) is 0 Å². The minimum Gasteiger partial charge on any atom is -0.357 e. The number of nitrogens with one attached hydrogen (secondary N) is 2. The van der Waals surface area contributed by atoms with Crippen molar-refractivity contribution in [2.75, 3.05) is 46.3 Å². The summed E-state index contributed by atoms with van der Waals surface area (Å²) in [6.45, 7) is 6.87. The molecule has 0 aromatic carbocycles. The van der Waals surface area contributed by atoms with Crippen LogP contribution >= 0.6 is 35.3 Å². The van der Waals surface area contributed by atoms with Crippen LogP contribution in [-0.2, 0) is 4.79 Å². The zero-order valence-electron chi connectivity index (χ0n) is 17.0. The van der Waals surface area contributed by atoms with Crippen LogP contribution in [0.3, 0.4) is 0 Å². The van der Waals surface area contributed by atoms with Gasteiger partial charge in [-0.1, -0.05) is 6.07 Å². The highest BCUT2D eigenvalue weighted by Gasteiger charge is 2.31. The van der Waals surface area contributed by atoms with E-state index in [4.69, 9.17) is 0 Å². The van der Waals surface area contributed by atoms with Crippen molar-refractivity contribution in [1.82, 2.24) is 20.4 Å². The largest absolute Gasteiger partial charge is 0.357 e. The molecule has 0 aliphatic carbocycles. The van der Waals surface area contributed by atoms with Gasteiger partial charge in [-0.15, -0.1) is 35.3 Å². The Balaban J connectivity index is 0.00000280. The molecule has 0 spiro atoms. The summed E-state index contributed by atoms with van der Waals surface area (Å²) in [5, 5.41) is 8.95. The number of carbonyl (C=O) groups is 1. The molecule has 1 aromatic rings. The second kappa shape index (κ2) is 12.0. The Hall–Kier alpha value is -0.870. The quantitative estimate of drug-likeness (QED) is 0.345. The highest BCUT2D eigenvalue weighted by atomic mass is 127. The third-order valence-electron chi connectivity index (χ3n) is 5.55. The number of thiophene rings is 1. The van der Waals surface area contributed by atoms with E-state index in [2.05, 4.69) is 52.0 Å². The molecule has 158 valence electrons. The van der Waals surface area contributed by atoms with Crippen LogP contribution in [0.15, 0.2) is 22.5 Å². The molecule has 2 unspecified atom stereocenters. The normalized spacial score (nSPS) is 23.4. The average Bonchev–Trinajstić information content (AvgIpc) is 3.37. The second-order valence-corrected chi connectivity index (χ2v) is 8.49. The molecule has 2 aliphatic rings. The Kier molecular flexibility index (Phi) is 10.0. The summed E-state index contributed by atoms with van der Waals surface area (Å²) in [7, 11) is 2.23. The smallest absolute Gasteiger partial charge is 0.244 e. The van der Waals surface area contributed by atoms with Crippen molar-refractivity contribution in [3.63, 3.8) is 0 Å². The summed E-state index contributed by atoms with van der Waals surface area (Å²) >= 11 is 1.84. The molecule has 0 radical (unpaired) electrons. The molecule has 2 N–H and O–H groups in total. The molecule has 3 heterocycles. The van der Waals surface area contributed by atoms with Gasteiger partial charge in [0.05, 0.1) is 0 Å². The maximum absolute atomic E-state index is 12.3. The molecule has 28 heavy (non-hydrogen) atoms. The van der Waals surface area contributed by atoms with Gasteiger partial charge in [0.1, 0.15) is 6.54 Å². The Morgan fingerprint density at radius 3 is 2.71 bits per heavy atom. The maximum Gasteiger partial charge on any atom is 0.244 e. The summed E-state index contributed by atoms with van der Waals surface area (Å²) < 4.78 is 0. The van der Waals surface area contributed by atoms with Gasteiger partial charge in [0.25, 0.3) is 0 Å². The van der Waals surface area contributed by atoms with Crippen LogP contribution in [-0.4, -0.2) is 68.0 Å². The van der Waals surface area contributed by atoms with Gasteiger partial charge < -0.3 is 15.5 Å². The molecule has 2 saturated heterocycles. The molecule has 2 aliphatic heterocycles. The predicted molar refractivity (Wildman–Crippen MR) is 128 cm³/mol. The molecule has 6 nitrogen and oxygen atoms in total. The first-order valence-corrected chi connectivity index (χ1v) is 11.1. The van der Waals surface area contributed by atoms with Gasteiger partial charge in [-0.3, -0.25) is 9.69 Å². The van der Waals surface area contributed by atoms with Crippen molar-refractivity contribution >= 4 is 47.2 Å². The van der Waals surface area contributed by atoms with E-state index in [-0.39, 0.29) is 36.4 Å². The van der Waals surface area contributed by atoms with Gasteiger partial charge in [-0.2, -0.15) is 0 Å². The number of aliphatic imine (C=N–C) groups is 1. The first kappa shape index (κ1) is 23.4. The van der Waals surface area contributed by atoms with E-state index in [0.29, 0.717) is 12.0 Å². The van der Waals surface area contributed by atoms with Gasteiger partial charge in [0.2, 0.25) is 5.91 Å². The fourth-order valence-corrected chi connectivity index (χ4v) is 5.15. The molecular weight excluding hydrogens is 485 g/mol. The van der Waals surface area contributed by atoms with Crippen LogP contribution in [0.5, 0.6) is 0 Å². The molecule has 1 aromatic heterocycles. The SMILES string of the molecule is CCNC(=NCC(=O)N1CCCC1)NCC1CCCN(C)C1c1cccs1.I. The number of nitrogens with zero attached hydrogens (tertiary/aromatic N) is 3. The Morgan fingerprint density at radius 2 is 2.04 bits per heavy atom. The Labute approximate surface area is 190 Å². The van der Waals surface area contributed by atoms with Crippen LogP contribution in [0.2, 0.25) is 0 Å². The number of amides is 1. The number of rotatable bonds is 6. The van der Waals surface area contributed by atoms with E-state index in [9.17, 15) is 4.79 Å². The standard InChI is InChI=1S/C20H33N5OS.HI/c1-3-21-20(23-15-18(26)25-11-4-5-12-25)22-14-16-8-6-10-24(2)19(16)17-9-7-13-27-17;/h7,9,13,16,19H,3-6,8,10-12,14-15H2,1-2H3,(H2,21,22,23);1H. The number of likely N-dealkylation sites (tertiary alicyclic amines) is 2. The zero-order valence-corrected chi connectivity index (χ0v) is 20.2. The van der Waals surface area contributed by atoms with Gasteiger partial charge in [-0.05, 0) is 63.6 Å². The summed E-state index contributed by atoms with van der Waals surface area (Å²) in [5.41, 5.74) is 0. The highest BCUT2D eigenvalue weighted by Crippen LogP contribution is 2.36. The van der Waals surface area contributed by atoms with Crippen molar-refractivity contribution in [3.05, 3.63) is 22.4 Å². The topological polar surface area (TPSA) is 60.0 Å². The van der Waals surface area contributed by atoms with Gasteiger partial charge in [-0.25, -0.2) is 4.99 Å². The molecule has 2 atom stereocenters. The minimum atomic E-state index is 0. The molecule has 2 fully saturated rings. The maximum atomic E-state index is 12.3. The number of hydrogen-bond donors (Lipinski definition) is 2. The fraction of sp³-hybridized carbons (Fsp3) is 0.700. The van der Waals surface area contributed by atoms with E-state index in [0.717, 1.165) is 51.5 Å². The summed E-state index contributed by atoms with van der Waals surface area (Å²) in [5.74, 6) is 1.43. The molecule has 3 rings (SSSR count). The second-order valence-electron chi connectivity index (χ2n) is 7.51. The lowest BCUT2D eigenvalue weighted by Gasteiger charge is -2.39. The lowest BCUT2D eigenvalue weighted by molar-refractivity contribution is -0.128. The monoisotopic (exact) mass is 519 g/mol. The minimum absolute atomic E-state index is 0. The predicted octanol–water partition coefficient (Wildman–Crippen LogP) is 2.93. The number of piperidine rings is 1. The lowest BCUT2D eigenvalue weighted by Crippen LogP contribution is -2.45. The van der Waals surface area contributed by atoms with Crippen LogP contribution < -0.4 is 10.6 Å². The van der Waals surface area contributed by atoms with Crippen LogP contribution in [0.25, 0.3) is 0 Å². The van der Waals surface area contributed by atoms with Crippen molar-refractivity contribution in [2.45, 2.75) is 38.6 Å². The summed E-state index contributed by atoms with van der Waals surface area (Å²) in [6, 6.07) is 4.85. The first-order chi connectivity index (χ1) is 13.2. The first-order valence-electron chi connectivity index (χ1n) is 10.2. The molecule has 1 amide bonds. The number of guanidine groups is 1. The summed E-state index contributed by atoms with van der Waals surface area (Å²) in [6.07, 6.45) is 4.68. The molecule has 0 saturated carbocycles. The third-order valence-corrected chi connectivity index (χ3v) is 6.49. The Bertz CT molecular complexity index is 618. The number of hydrogen-bond acceptors (Lipinski definition) is 4. The van der Waals surface area contributed by atoms with E-state index < -0.39 is 0 Å². The van der Waals surface area contributed by atoms with Gasteiger partial charge in [0.15, 0.2) is 5.96 Å². The average molecular weight is 519 g/mol. The van der Waals surface area contributed by atoms with E-state index in [1.165, 1.54) is 17.7 Å². The molecular formula is C20H34IN5OS. The summed E-state index contributed by atoms with van der Waals surface area (Å²) in [4.78, 5) is 22.7. The van der Waals surface area contributed by atoms with E-state index >= 15 is 0 Å². The Morgan fingerprint density at radius 1 is 1.25 bits per heavy atom. The number of halogens is 1. The third kappa shape index (κ3) is 6.32. The van der Waals surface area contributed by atoms with Gasteiger partial charge in [0, 0.05) is 37.1 Å². The highest BCUT2D eigenvalue weighted by molar-refractivity contribution is 14.0. The fourth-order valence-electron chi connectivity index (χ4n) is 4.17. The van der Waals surface area contributed by atoms with Crippen LogP contribution in [0, 0.1) is 5.92 Å². The molecule has 0 bridgehead atoms. The molecule has 8 heteroatoms.